The standard InChI is InChI=1S/C12H9ClO5S/c1-17-10-4-2-8(3-5-10)12(14)9-6-11(18-7-9)19(13,15)16/h2-7H,1H3. The van der Waals surface area contributed by atoms with Crippen molar-refractivity contribution in [1.29, 1.82) is 0 Å². The van der Waals surface area contributed by atoms with Crippen LogP contribution in [0.2, 0.25) is 0 Å². The highest BCUT2D eigenvalue weighted by molar-refractivity contribution is 8.13. The molecule has 5 nitrogen and oxygen atoms in total. The van der Waals surface area contributed by atoms with Crippen LogP contribution in [0.1, 0.15) is 15.9 Å². The Kier molecular flexibility index (Phi) is 3.64. The molecule has 0 N–H and O–H groups in total. The summed E-state index contributed by atoms with van der Waals surface area (Å²) in [5.74, 6) is 0.255. The predicted molar refractivity (Wildman–Crippen MR) is 68.2 cm³/mol. The smallest absolute Gasteiger partial charge is 0.294 e. The van der Waals surface area contributed by atoms with Gasteiger partial charge in [0.05, 0.1) is 12.7 Å². The van der Waals surface area contributed by atoms with E-state index in [1.165, 1.54) is 7.11 Å². The zero-order valence-electron chi connectivity index (χ0n) is 9.79. The fourth-order valence-electron chi connectivity index (χ4n) is 1.47. The van der Waals surface area contributed by atoms with E-state index in [0.29, 0.717) is 11.3 Å². The second-order valence-electron chi connectivity index (χ2n) is 3.65. The van der Waals surface area contributed by atoms with E-state index in [1.807, 2.05) is 0 Å². The van der Waals surface area contributed by atoms with Crippen molar-refractivity contribution in [2.24, 2.45) is 0 Å². The average molecular weight is 301 g/mol. The molecule has 0 fully saturated rings. The molecule has 0 amide bonds. The molecule has 2 rings (SSSR count). The van der Waals surface area contributed by atoms with Gasteiger partial charge in [0.25, 0.3) is 9.05 Å². The Morgan fingerprint density at radius 1 is 1.21 bits per heavy atom. The minimum Gasteiger partial charge on any atom is -0.497 e. The molecule has 0 bridgehead atoms. The minimum absolute atomic E-state index is 0.115. The van der Waals surface area contributed by atoms with Gasteiger partial charge in [0.1, 0.15) is 12.0 Å². The number of hydrogen-bond acceptors (Lipinski definition) is 5. The first-order valence-electron chi connectivity index (χ1n) is 5.14. The first-order chi connectivity index (χ1) is 8.91. The number of halogens is 1. The van der Waals surface area contributed by atoms with E-state index >= 15 is 0 Å². The molecule has 2 aromatic rings. The van der Waals surface area contributed by atoms with Gasteiger partial charge in [0, 0.05) is 22.3 Å². The Labute approximate surface area is 114 Å². The van der Waals surface area contributed by atoms with Crippen molar-refractivity contribution in [3.63, 3.8) is 0 Å². The third kappa shape index (κ3) is 2.97. The summed E-state index contributed by atoms with van der Waals surface area (Å²) in [7, 11) is 2.66. The van der Waals surface area contributed by atoms with Crippen LogP contribution in [0.15, 0.2) is 46.1 Å². The van der Waals surface area contributed by atoms with E-state index in [9.17, 15) is 13.2 Å². The maximum atomic E-state index is 12.0. The van der Waals surface area contributed by atoms with Gasteiger partial charge >= 0.3 is 0 Å². The zero-order chi connectivity index (χ0) is 14.0. The van der Waals surface area contributed by atoms with Crippen molar-refractivity contribution in [2.45, 2.75) is 5.09 Å². The van der Waals surface area contributed by atoms with E-state index in [0.717, 1.165) is 12.3 Å². The summed E-state index contributed by atoms with van der Waals surface area (Å²) in [6.07, 6.45) is 1.06. The second kappa shape index (κ2) is 5.07. The molecule has 7 heteroatoms. The van der Waals surface area contributed by atoms with Crippen LogP contribution < -0.4 is 4.74 Å². The molecule has 0 aliphatic heterocycles. The molecule has 0 radical (unpaired) electrons. The van der Waals surface area contributed by atoms with Crippen molar-refractivity contribution < 1.29 is 22.4 Å². The molecule has 1 heterocycles. The van der Waals surface area contributed by atoms with Crippen LogP contribution in [0.3, 0.4) is 0 Å². The lowest BCUT2D eigenvalue weighted by Crippen LogP contribution is -1.99. The monoisotopic (exact) mass is 300 g/mol. The van der Waals surface area contributed by atoms with Gasteiger partial charge in [-0.1, -0.05) is 0 Å². The Morgan fingerprint density at radius 3 is 2.32 bits per heavy atom. The molecule has 0 aliphatic carbocycles. The summed E-state index contributed by atoms with van der Waals surface area (Å²) in [5, 5.41) is -0.453. The van der Waals surface area contributed by atoms with Gasteiger partial charge in [-0.15, -0.1) is 0 Å². The van der Waals surface area contributed by atoms with Crippen molar-refractivity contribution in [2.75, 3.05) is 7.11 Å². The third-order valence-corrected chi connectivity index (χ3v) is 3.58. The molecule has 1 aromatic carbocycles. The van der Waals surface area contributed by atoms with Crippen LogP contribution >= 0.6 is 10.7 Å². The molecule has 0 atom stereocenters. The Morgan fingerprint density at radius 2 is 1.84 bits per heavy atom. The molecular formula is C12H9ClO5S. The highest BCUT2D eigenvalue weighted by Crippen LogP contribution is 2.21. The number of furan rings is 1. The average Bonchev–Trinajstić information content (AvgIpc) is 2.87. The van der Waals surface area contributed by atoms with Crippen LogP contribution in [0.4, 0.5) is 0 Å². The van der Waals surface area contributed by atoms with Gasteiger partial charge in [-0.25, -0.2) is 8.42 Å². The topological polar surface area (TPSA) is 73.6 Å². The Bertz CT molecular complexity index is 700. The highest BCUT2D eigenvalue weighted by Gasteiger charge is 2.19. The number of ether oxygens (including phenoxy) is 1. The number of methoxy groups -OCH3 is 1. The lowest BCUT2D eigenvalue weighted by Gasteiger charge is -2.00. The lowest BCUT2D eigenvalue weighted by atomic mass is 10.1. The maximum Gasteiger partial charge on any atom is 0.294 e. The van der Waals surface area contributed by atoms with Crippen molar-refractivity contribution in [1.82, 2.24) is 0 Å². The summed E-state index contributed by atoms with van der Waals surface area (Å²) in [5.41, 5.74) is 0.504. The predicted octanol–water partition coefficient (Wildman–Crippen LogP) is 2.45. The summed E-state index contributed by atoms with van der Waals surface area (Å²) >= 11 is 0. The molecule has 0 spiro atoms. The molecule has 100 valence electrons. The first kappa shape index (κ1) is 13.6. The number of benzene rings is 1. The second-order valence-corrected chi connectivity index (χ2v) is 6.15. The fraction of sp³-hybridized carbons (Fsp3) is 0.0833. The molecule has 0 aliphatic rings. The molecule has 19 heavy (non-hydrogen) atoms. The van der Waals surface area contributed by atoms with Gasteiger partial charge in [0.2, 0.25) is 5.09 Å². The van der Waals surface area contributed by atoms with Crippen LogP contribution in [-0.2, 0) is 9.05 Å². The van der Waals surface area contributed by atoms with Crippen LogP contribution in [-0.4, -0.2) is 21.3 Å². The van der Waals surface area contributed by atoms with Crippen LogP contribution in [0, 0.1) is 0 Å². The largest absolute Gasteiger partial charge is 0.497 e. The number of hydrogen-bond donors (Lipinski definition) is 0. The Hall–Kier alpha value is -1.79. The van der Waals surface area contributed by atoms with E-state index in [-0.39, 0.29) is 11.3 Å². The minimum atomic E-state index is -3.98. The van der Waals surface area contributed by atoms with Crippen molar-refractivity contribution in [3.05, 3.63) is 47.7 Å². The van der Waals surface area contributed by atoms with E-state index < -0.39 is 14.1 Å². The molecule has 1 aromatic heterocycles. The normalized spacial score (nSPS) is 11.3. The van der Waals surface area contributed by atoms with Crippen LogP contribution in [0.5, 0.6) is 5.75 Å². The van der Waals surface area contributed by atoms with Crippen molar-refractivity contribution >= 4 is 25.5 Å². The maximum absolute atomic E-state index is 12.0. The van der Waals surface area contributed by atoms with E-state index in [4.69, 9.17) is 19.8 Å². The van der Waals surface area contributed by atoms with Gasteiger partial charge in [0.15, 0.2) is 5.78 Å². The first-order valence-corrected chi connectivity index (χ1v) is 7.44. The molecule has 0 unspecified atom stereocenters. The molecular weight excluding hydrogens is 292 g/mol. The molecule has 0 saturated heterocycles. The number of carbonyl (C=O) groups is 1. The van der Waals surface area contributed by atoms with Crippen molar-refractivity contribution in [3.8, 4) is 5.75 Å². The van der Waals surface area contributed by atoms with Gasteiger partial charge in [-0.2, -0.15) is 0 Å². The zero-order valence-corrected chi connectivity index (χ0v) is 11.4. The SMILES string of the molecule is COc1ccc(C(=O)c2coc(S(=O)(=O)Cl)c2)cc1. The van der Waals surface area contributed by atoms with Gasteiger partial charge in [-0.05, 0) is 24.3 Å². The molecule has 0 saturated carbocycles. The Balaban J connectivity index is 2.31. The summed E-state index contributed by atoms with van der Waals surface area (Å²) < 4.78 is 31.8. The van der Waals surface area contributed by atoms with Gasteiger partial charge in [-0.3, -0.25) is 4.79 Å². The lowest BCUT2D eigenvalue weighted by molar-refractivity contribution is 0.103. The number of rotatable bonds is 4. The van der Waals surface area contributed by atoms with Crippen LogP contribution in [0.25, 0.3) is 0 Å². The van der Waals surface area contributed by atoms with E-state index in [2.05, 4.69) is 0 Å². The fourth-order valence-corrected chi connectivity index (χ4v) is 2.15. The summed E-state index contributed by atoms with van der Waals surface area (Å²) in [4.78, 5) is 12.0. The van der Waals surface area contributed by atoms with Gasteiger partial charge < -0.3 is 9.15 Å². The highest BCUT2D eigenvalue weighted by atomic mass is 35.7. The number of carbonyl (C=O) groups excluding carboxylic acids is 1. The summed E-state index contributed by atoms with van der Waals surface area (Å²) in [6, 6.07) is 7.50. The summed E-state index contributed by atoms with van der Waals surface area (Å²) in [6.45, 7) is 0. The van der Waals surface area contributed by atoms with E-state index in [1.54, 1.807) is 24.3 Å². The number of ketones is 1. The third-order valence-electron chi connectivity index (χ3n) is 2.43. The quantitative estimate of drug-likeness (QED) is 0.640.